The molecule has 4 fully saturated rings. The van der Waals surface area contributed by atoms with Gasteiger partial charge in [-0.05, 0) is 94.3 Å². The number of hydrogen-bond acceptors (Lipinski definition) is 4. The molecule has 4 saturated carbocycles. The topological polar surface area (TPSA) is 64.7 Å². The van der Waals surface area contributed by atoms with Crippen LogP contribution in [0.1, 0.15) is 85.5 Å². The van der Waals surface area contributed by atoms with Crippen LogP contribution in [0.3, 0.4) is 0 Å². The number of carbonyl (C=O) groups excluding carboxylic acids is 1. The van der Waals surface area contributed by atoms with E-state index < -0.39 is 0 Å². The molecule has 0 amide bonds. The van der Waals surface area contributed by atoms with Crippen LogP contribution < -0.4 is 5.73 Å². The number of carbonyl (C=O) groups is 1. The lowest BCUT2D eigenvalue weighted by molar-refractivity contribution is -0.137. The summed E-state index contributed by atoms with van der Waals surface area (Å²) < 4.78 is 0. The highest BCUT2D eigenvalue weighted by atomic mass is 16.6. The number of fused-ring (bicyclic) bond motifs is 5. The third-order valence-corrected chi connectivity index (χ3v) is 9.12. The summed E-state index contributed by atoms with van der Waals surface area (Å²) in [5.74, 6) is 3.48. The summed E-state index contributed by atoms with van der Waals surface area (Å²) in [7, 11) is 0. The third kappa shape index (κ3) is 3.07. The summed E-state index contributed by atoms with van der Waals surface area (Å²) in [5.41, 5.74) is 7.03. The Bertz CT molecular complexity index is 642. The first-order chi connectivity index (χ1) is 12.7. The number of nitrogens with two attached hydrogens (primary N) is 1. The average molecular weight is 375 g/mol. The Balaban J connectivity index is 1.49. The molecule has 4 aliphatic rings. The molecule has 0 bridgehead atoms. The van der Waals surface area contributed by atoms with Gasteiger partial charge in [-0.3, -0.25) is 4.79 Å². The summed E-state index contributed by atoms with van der Waals surface area (Å²) in [6.45, 7) is 9.30. The first-order valence-corrected chi connectivity index (χ1v) is 11.2. The van der Waals surface area contributed by atoms with Gasteiger partial charge in [0.25, 0.3) is 0 Å². The highest BCUT2D eigenvalue weighted by Crippen LogP contribution is 2.65. The number of ketones is 1. The van der Waals surface area contributed by atoms with E-state index in [1.165, 1.54) is 31.4 Å². The number of hydrogen-bond donors (Lipinski definition) is 1. The van der Waals surface area contributed by atoms with Crippen LogP contribution in [0.4, 0.5) is 0 Å². The molecule has 4 aliphatic carbocycles. The van der Waals surface area contributed by atoms with E-state index in [1.54, 1.807) is 0 Å². The van der Waals surface area contributed by atoms with E-state index in [0.717, 1.165) is 49.9 Å². The van der Waals surface area contributed by atoms with Crippen LogP contribution in [-0.2, 0) is 9.63 Å². The molecule has 0 spiro atoms. The quantitative estimate of drug-likeness (QED) is 0.728. The lowest BCUT2D eigenvalue weighted by Gasteiger charge is -2.59. The Labute approximate surface area is 164 Å². The van der Waals surface area contributed by atoms with Crippen molar-refractivity contribution in [1.29, 1.82) is 0 Å². The summed E-state index contributed by atoms with van der Waals surface area (Å²) in [4.78, 5) is 18.3. The molecule has 0 aromatic heterocycles. The van der Waals surface area contributed by atoms with Crippen molar-refractivity contribution in [2.24, 2.45) is 45.4 Å². The zero-order chi connectivity index (χ0) is 19.4. The van der Waals surface area contributed by atoms with Crippen LogP contribution in [0.2, 0.25) is 0 Å². The molecular formula is C23H38N2O2. The highest BCUT2D eigenvalue weighted by Gasteiger charge is 2.60. The second-order valence-corrected chi connectivity index (χ2v) is 11.0. The van der Waals surface area contributed by atoms with Gasteiger partial charge in [0.2, 0.25) is 0 Å². The maximum Gasteiger partial charge on any atom is 0.144 e. The molecule has 0 radical (unpaired) electrons. The van der Waals surface area contributed by atoms with Crippen LogP contribution >= 0.6 is 0 Å². The molecule has 4 rings (SSSR count). The van der Waals surface area contributed by atoms with Gasteiger partial charge in [0.1, 0.15) is 11.4 Å². The fraction of sp³-hybridized carbons (Fsp3) is 0.913. The van der Waals surface area contributed by atoms with Crippen LogP contribution in [0, 0.1) is 34.5 Å². The Hall–Kier alpha value is -0.900. The normalized spacial score (nSPS) is 46.0. The van der Waals surface area contributed by atoms with E-state index in [2.05, 4.69) is 19.0 Å². The summed E-state index contributed by atoms with van der Waals surface area (Å²) in [6, 6.07) is 0. The Kier molecular flexibility index (Phi) is 4.73. The van der Waals surface area contributed by atoms with Gasteiger partial charge in [-0.15, -0.1) is 0 Å². The van der Waals surface area contributed by atoms with Crippen molar-refractivity contribution in [1.82, 2.24) is 0 Å². The Morgan fingerprint density at radius 1 is 1.11 bits per heavy atom. The first kappa shape index (κ1) is 19.4. The molecule has 27 heavy (non-hydrogen) atoms. The van der Waals surface area contributed by atoms with Crippen molar-refractivity contribution in [3.8, 4) is 0 Å². The molecule has 6 atom stereocenters. The minimum Gasteiger partial charge on any atom is -0.389 e. The van der Waals surface area contributed by atoms with Crippen molar-refractivity contribution >= 4 is 11.5 Å². The maximum absolute atomic E-state index is 12.5. The van der Waals surface area contributed by atoms with Gasteiger partial charge in [0, 0.05) is 18.4 Å². The molecule has 0 heterocycles. The standard InChI is InChI=1S/C23H38N2O2/c1-21(2,14-24)27-25-16-9-11-22(3)15(13-16)5-6-17-18-7-8-20(26)23(18,4)12-10-19(17)22/h15,17-19H,5-14,24H2,1-4H3/t15?,17?,18?,19?,22-,23-/m0/s1. The Morgan fingerprint density at radius 3 is 2.63 bits per heavy atom. The number of oxime groups is 1. The molecule has 0 saturated heterocycles. The summed E-state index contributed by atoms with van der Waals surface area (Å²) >= 11 is 0. The van der Waals surface area contributed by atoms with Crippen molar-refractivity contribution in [3.63, 3.8) is 0 Å². The lowest BCUT2D eigenvalue weighted by atomic mass is 9.45. The van der Waals surface area contributed by atoms with Crippen molar-refractivity contribution in [2.75, 3.05) is 6.54 Å². The Morgan fingerprint density at radius 2 is 1.89 bits per heavy atom. The predicted octanol–water partition coefficient (Wildman–Crippen LogP) is 4.71. The first-order valence-electron chi connectivity index (χ1n) is 11.2. The maximum atomic E-state index is 12.5. The highest BCUT2D eigenvalue weighted by molar-refractivity contribution is 5.87. The van der Waals surface area contributed by atoms with E-state index in [-0.39, 0.29) is 11.0 Å². The average Bonchev–Trinajstić information content (AvgIpc) is 2.95. The molecular weight excluding hydrogens is 336 g/mol. The van der Waals surface area contributed by atoms with Gasteiger partial charge in [0.15, 0.2) is 0 Å². The number of rotatable bonds is 3. The zero-order valence-corrected chi connectivity index (χ0v) is 17.7. The monoisotopic (exact) mass is 374 g/mol. The van der Waals surface area contributed by atoms with E-state index in [1.807, 2.05) is 13.8 Å². The lowest BCUT2D eigenvalue weighted by Crippen LogP contribution is -2.53. The van der Waals surface area contributed by atoms with E-state index in [9.17, 15) is 4.79 Å². The van der Waals surface area contributed by atoms with Crippen molar-refractivity contribution in [3.05, 3.63) is 0 Å². The minimum absolute atomic E-state index is 0.00665. The van der Waals surface area contributed by atoms with Crippen molar-refractivity contribution in [2.45, 2.75) is 91.1 Å². The number of nitrogens with zero attached hydrogens (tertiary/aromatic N) is 1. The van der Waals surface area contributed by atoms with Crippen molar-refractivity contribution < 1.29 is 9.63 Å². The molecule has 4 heteroatoms. The van der Waals surface area contributed by atoms with Gasteiger partial charge in [-0.1, -0.05) is 19.0 Å². The second kappa shape index (κ2) is 6.57. The summed E-state index contributed by atoms with van der Waals surface area (Å²) in [6.07, 6.45) is 10.3. The summed E-state index contributed by atoms with van der Waals surface area (Å²) in [5, 5.41) is 4.52. The fourth-order valence-electron chi connectivity index (χ4n) is 7.14. The van der Waals surface area contributed by atoms with Crippen LogP contribution in [-0.4, -0.2) is 23.6 Å². The van der Waals surface area contributed by atoms with E-state index >= 15 is 0 Å². The third-order valence-electron chi connectivity index (χ3n) is 9.12. The van der Waals surface area contributed by atoms with Gasteiger partial charge in [-0.2, -0.15) is 0 Å². The predicted molar refractivity (Wildman–Crippen MR) is 108 cm³/mol. The van der Waals surface area contributed by atoms with Crippen LogP contribution in [0.5, 0.6) is 0 Å². The smallest absolute Gasteiger partial charge is 0.144 e. The van der Waals surface area contributed by atoms with E-state index in [0.29, 0.717) is 23.7 Å². The van der Waals surface area contributed by atoms with Gasteiger partial charge in [0.05, 0.1) is 5.71 Å². The minimum atomic E-state index is -0.381. The molecule has 0 aromatic carbocycles. The van der Waals surface area contributed by atoms with E-state index in [4.69, 9.17) is 10.6 Å². The molecule has 152 valence electrons. The number of Topliss-reactive ketones (excluding diaryl/α,β-unsaturated/α-hetero) is 1. The van der Waals surface area contributed by atoms with Crippen LogP contribution in [0.25, 0.3) is 0 Å². The molecule has 4 nitrogen and oxygen atoms in total. The molecule has 4 unspecified atom stereocenters. The molecule has 0 aromatic rings. The van der Waals surface area contributed by atoms with Gasteiger partial charge in [-0.25, -0.2) is 0 Å². The fourth-order valence-corrected chi connectivity index (χ4v) is 7.14. The SMILES string of the molecule is CC(C)(CN)ON=C1CC[C@@]2(C)C(CCC3C2CC[C@]2(C)C(=O)CCC32)C1. The zero-order valence-electron chi connectivity index (χ0n) is 17.7. The second-order valence-electron chi connectivity index (χ2n) is 11.0. The van der Waals surface area contributed by atoms with Gasteiger partial charge < -0.3 is 10.6 Å². The molecule has 2 N–H and O–H groups in total. The largest absolute Gasteiger partial charge is 0.389 e. The molecule has 0 aliphatic heterocycles. The van der Waals surface area contributed by atoms with Crippen LogP contribution in [0.15, 0.2) is 5.16 Å². The van der Waals surface area contributed by atoms with Gasteiger partial charge >= 0.3 is 0 Å².